The quantitative estimate of drug-likeness (QED) is 0.862. The van der Waals surface area contributed by atoms with Crippen molar-refractivity contribution in [3.05, 3.63) is 53.5 Å². The Bertz CT molecular complexity index is 840. The molecule has 1 aromatic heterocycles. The third kappa shape index (κ3) is 4.47. The number of carbonyl (C=O) groups excluding carboxylic acids is 2. The summed E-state index contributed by atoms with van der Waals surface area (Å²) in [6.07, 6.45) is 2.83. The summed E-state index contributed by atoms with van der Waals surface area (Å²) in [7, 11) is 3.55. The van der Waals surface area contributed by atoms with Gasteiger partial charge in [-0.2, -0.15) is 0 Å². The van der Waals surface area contributed by atoms with Gasteiger partial charge >= 0.3 is 0 Å². The average Bonchev–Trinajstić information content (AvgIpc) is 2.73. The standard InChI is InChI=1S/C21H27N5O2/c1-15(27)25(3)14-17-13-19(22-2)24-20(23-17)18-11-7-8-12-26(18)21(28)16-9-5-4-6-10-16/h4-6,9-10,13,18H,7-8,11-12,14H2,1-3H3,(H,22,23,24)/t18-/m1/s1. The maximum absolute atomic E-state index is 13.1. The first-order valence-electron chi connectivity index (χ1n) is 9.63. The zero-order valence-electron chi connectivity index (χ0n) is 16.7. The van der Waals surface area contributed by atoms with Crippen molar-refractivity contribution in [1.82, 2.24) is 19.8 Å². The lowest BCUT2D eigenvalue weighted by Crippen LogP contribution is -2.39. The van der Waals surface area contributed by atoms with Crippen molar-refractivity contribution in [3.63, 3.8) is 0 Å². The van der Waals surface area contributed by atoms with Crippen LogP contribution < -0.4 is 5.32 Å². The van der Waals surface area contributed by atoms with Crippen molar-refractivity contribution in [2.45, 2.75) is 38.8 Å². The van der Waals surface area contributed by atoms with E-state index >= 15 is 0 Å². The molecular formula is C21H27N5O2. The lowest BCUT2D eigenvalue weighted by molar-refractivity contribution is -0.128. The number of nitrogens with one attached hydrogen (secondary N) is 1. The fraction of sp³-hybridized carbons (Fsp3) is 0.429. The van der Waals surface area contributed by atoms with Crippen LogP contribution in [0.4, 0.5) is 5.82 Å². The van der Waals surface area contributed by atoms with Crippen molar-refractivity contribution in [1.29, 1.82) is 0 Å². The maximum Gasteiger partial charge on any atom is 0.254 e. The van der Waals surface area contributed by atoms with Crippen molar-refractivity contribution < 1.29 is 9.59 Å². The Morgan fingerprint density at radius 3 is 2.64 bits per heavy atom. The summed E-state index contributed by atoms with van der Waals surface area (Å²) in [6.45, 7) is 2.62. The number of anilines is 1. The summed E-state index contributed by atoms with van der Waals surface area (Å²) in [6, 6.07) is 11.0. The zero-order valence-corrected chi connectivity index (χ0v) is 16.7. The Balaban J connectivity index is 1.92. The normalized spacial score (nSPS) is 16.5. The van der Waals surface area contributed by atoms with Crippen LogP contribution in [-0.4, -0.2) is 52.2 Å². The van der Waals surface area contributed by atoms with Gasteiger partial charge in [0.2, 0.25) is 5.91 Å². The van der Waals surface area contributed by atoms with E-state index in [0.29, 0.717) is 30.3 Å². The Labute approximate surface area is 165 Å². The topological polar surface area (TPSA) is 78.4 Å². The summed E-state index contributed by atoms with van der Waals surface area (Å²) in [5.74, 6) is 1.30. The highest BCUT2D eigenvalue weighted by molar-refractivity contribution is 5.94. The van der Waals surface area contributed by atoms with Gasteiger partial charge < -0.3 is 15.1 Å². The number of benzene rings is 1. The van der Waals surface area contributed by atoms with E-state index in [-0.39, 0.29) is 17.9 Å². The second kappa shape index (κ2) is 8.82. The van der Waals surface area contributed by atoms with Gasteiger partial charge in [-0.3, -0.25) is 9.59 Å². The van der Waals surface area contributed by atoms with Gasteiger partial charge in [0, 0.05) is 39.2 Å². The molecule has 148 valence electrons. The van der Waals surface area contributed by atoms with Gasteiger partial charge in [0.05, 0.1) is 18.3 Å². The van der Waals surface area contributed by atoms with Crippen LogP contribution in [0.5, 0.6) is 0 Å². The van der Waals surface area contributed by atoms with Gasteiger partial charge in [-0.25, -0.2) is 9.97 Å². The third-order valence-corrected chi connectivity index (χ3v) is 5.07. The summed E-state index contributed by atoms with van der Waals surface area (Å²) in [5, 5.41) is 3.07. The molecule has 28 heavy (non-hydrogen) atoms. The fourth-order valence-electron chi connectivity index (χ4n) is 3.42. The predicted octanol–water partition coefficient (Wildman–Crippen LogP) is 2.86. The first-order chi connectivity index (χ1) is 13.5. The number of amides is 2. The second-order valence-electron chi connectivity index (χ2n) is 7.10. The largest absolute Gasteiger partial charge is 0.373 e. The van der Waals surface area contributed by atoms with Gasteiger partial charge in [0.1, 0.15) is 5.82 Å². The lowest BCUT2D eigenvalue weighted by Gasteiger charge is -2.35. The maximum atomic E-state index is 13.1. The number of piperidine rings is 1. The number of rotatable bonds is 5. The van der Waals surface area contributed by atoms with E-state index in [4.69, 9.17) is 4.98 Å². The van der Waals surface area contributed by atoms with Gasteiger partial charge in [0.15, 0.2) is 5.82 Å². The highest BCUT2D eigenvalue weighted by Crippen LogP contribution is 2.31. The Kier molecular flexibility index (Phi) is 6.23. The van der Waals surface area contributed by atoms with E-state index in [9.17, 15) is 9.59 Å². The molecule has 1 saturated heterocycles. The number of carbonyl (C=O) groups is 2. The molecule has 7 heteroatoms. The Hall–Kier alpha value is -2.96. The Morgan fingerprint density at radius 2 is 1.96 bits per heavy atom. The zero-order chi connectivity index (χ0) is 20.1. The van der Waals surface area contributed by atoms with Crippen LogP contribution in [0.15, 0.2) is 36.4 Å². The molecule has 2 heterocycles. The molecule has 0 unspecified atom stereocenters. The molecule has 0 radical (unpaired) electrons. The van der Waals surface area contributed by atoms with Crippen LogP contribution in [0.2, 0.25) is 0 Å². The van der Waals surface area contributed by atoms with Crippen molar-refractivity contribution in [2.75, 3.05) is 26.0 Å². The molecule has 3 rings (SSSR count). The number of hydrogen-bond acceptors (Lipinski definition) is 5. The minimum atomic E-state index is -0.170. The summed E-state index contributed by atoms with van der Waals surface area (Å²) < 4.78 is 0. The SMILES string of the molecule is CNc1cc(CN(C)C(C)=O)nc([C@H]2CCCCN2C(=O)c2ccccc2)n1. The van der Waals surface area contributed by atoms with Crippen LogP contribution in [0, 0.1) is 0 Å². The first kappa shape index (κ1) is 19.8. The highest BCUT2D eigenvalue weighted by Gasteiger charge is 2.31. The average molecular weight is 381 g/mol. The Morgan fingerprint density at radius 1 is 1.21 bits per heavy atom. The molecule has 0 saturated carbocycles. The number of aromatic nitrogens is 2. The number of nitrogens with zero attached hydrogens (tertiary/aromatic N) is 4. The number of likely N-dealkylation sites (tertiary alicyclic amines) is 1. The van der Waals surface area contributed by atoms with E-state index in [1.807, 2.05) is 41.3 Å². The molecule has 1 N–H and O–H groups in total. The molecular weight excluding hydrogens is 354 g/mol. The number of hydrogen-bond donors (Lipinski definition) is 1. The van der Waals surface area contributed by atoms with Crippen molar-refractivity contribution in [2.24, 2.45) is 0 Å². The molecule has 1 fully saturated rings. The smallest absolute Gasteiger partial charge is 0.254 e. The van der Waals surface area contributed by atoms with E-state index < -0.39 is 0 Å². The molecule has 1 aromatic carbocycles. The molecule has 1 aliphatic rings. The molecule has 1 aliphatic heterocycles. The summed E-state index contributed by atoms with van der Waals surface area (Å²) in [5.41, 5.74) is 1.43. The second-order valence-corrected chi connectivity index (χ2v) is 7.10. The molecule has 0 spiro atoms. The minimum Gasteiger partial charge on any atom is -0.373 e. The van der Waals surface area contributed by atoms with Gasteiger partial charge in [0.25, 0.3) is 5.91 Å². The lowest BCUT2D eigenvalue weighted by atomic mass is 10.00. The van der Waals surface area contributed by atoms with E-state index in [1.165, 1.54) is 6.92 Å². The molecule has 0 aliphatic carbocycles. The van der Waals surface area contributed by atoms with Gasteiger partial charge in [-0.15, -0.1) is 0 Å². The molecule has 0 bridgehead atoms. The van der Waals surface area contributed by atoms with Crippen LogP contribution >= 0.6 is 0 Å². The summed E-state index contributed by atoms with van der Waals surface area (Å²) in [4.78, 5) is 37.5. The molecule has 2 amide bonds. The van der Waals surface area contributed by atoms with Crippen LogP contribution in [0.1, 0.15) is 54.1 Å². The van der Waals surface area contributed by atoms with E-state index in [2.05, 4.69) is 10.3 Å². The molecule has 1 atom stereocenters. The molecule has 2 aromatic rings. The van der Waals surface area contributed by atoms with Crippen molar-refractivity contribution in [3.8, 4) is 0 Å². The minimum absolute atomic E-state index is 0.00571. The van der Waals surface area contributed by atoms with Crippen LogP contribution in [-0.2, 0) is 11.3 Å². The first-order valence-corrected chi connectivity index (χ1v) is 9.63. The van der Waals surface area contributed by atoms with Crippen molar-refractivity contribution >= 4 is 17.6 Å². The van der Waals surface area contributed by atoms with E-state index in [1.54, 1.807) is 19.0 Å². The van der Waals surface area contributed by atoms with E-state index in [0.717, 1.165) is 25.0 Å². The van der Waals surface area contributed by atoms with Gasteiger partial charge in [-0.1, -0.05) is 18.2 Å². The van der Waals surface area contributed by atoms with Gasteiger partial charge in [-0.05, 0) is 31.4 Å². The monoisotopic (exact) mass is 381 g/mol. The highest BCUT2D eigenvalue weighted by atomic mass is 16.2. The fourth-order valence-corrected chi connectivity index (χ4v) is 3.42. The molecule has 7 nitrogen and oxygen atoms in total. The predicted molar refractivity (Wildman–Crippen MR) is 108 cm³/mol. The van der Waals surface area contributed by atoms with Crippen LogP contribution in [0.25, 0.3) is 0 Å². The summed E-state index contributed by atoms with van der Waals surface area (Å²) >= 11 is 0. The third-order valence-electron chi connectivity index (χ3n) is 5.07. The van der Waals surface area contributed by atoms with Crippen LogP contribution in [0.3, 0.4) is 0 Å².